The van der Waals surface area contributed by atoms with E-state index < -0.39 is 17.2 Å². The zero-order chi connectivity index (χ0) is 22.4. The molecule has 1 aromatic carbocycles. The van der Waals surface area contributed by atoms with E-state index in [-0.39, 0.29) is 41.0 Å². The Balaban J connectivity index is 1.48. The number of halogens is 2. The predicted molar refractivity (Wildman–Crippen MR) is 107 cm³/mol. The third-order valence-corrected chi connectivity index (χ3v) is 5.65. The zero-order valence-corrected chi connectivity index (χ0v) is 17.6. The molecule has 0 radical (unpaired) electrons. The van der Waals surface area contributed by atoms with Gasteiger partial charge in [0.05, 0.1) is 11.6 Å². The van der Waals surface area contributed by atoms with Gasteiger partial charge in [0.25, 0.3) is 0 Å². The first-order valence-corrected chi connectivity index (χ1v) is 10.1. The highest BCUT2D eigenvalue weighted by Crippen LogP contribution is 2.58. The molecule has 162 valence electrons. The highest BCUT2D eigenvalue weighted by atomic mass is 19.1. The number of carbonyl (C=O) groups is 1. The standard InChI is InChI=1S/C23H23F2N3O3/c1-22(2,3)31-21(29)28-11-15-9-23(15,13-28)20-7-5-16(24)18(27-20)12-30-19-6-4-14(10-26)8-17(19)25/h4-8,15H,9,11-13H2,1-3H3. The fourth-order valence-electron chi connectivity index (χ4n) is 4.04. The third kappa shape index (κ3) is 4.18. The molecular formula is C23H23F2N3O3. The van der Waals surface area contributed by atoms with E-state index in [0.717, 1.165) is 12.5 Å². The van der Waals surface area contributed by atoms with Crippen molar-refractivity contribution < 1.29 is 23.0 Å². The first-order valence-electron chi connectivity index (χ1n) is 10.1. The van der Waals surface area contributed by atoms with Crippen LogP contribution in [0.25, 0.3) is 0 Å². The molecule has 2 fully saturated rings. The summed E-state index contributed by atoms with van der Waals surface area (Å²) in [4.78, 5) is 18.5. The van der Waals surface area contributed by atoms with Gasteiger partial charge in [-0.2, -0.15) is 5.26 Å². The summed E-state index contributed by atoms with van der Waals surface area (Å²) >= 11 is 0. The number of piperidine rings is 1. The van der Waals surface area contributed by atoms with Crippen molar-refractivity contribution in [1.82, 2.24) is 9.88 Å². The number of pyridine rings is 1. The second-order valence-electron chi connectivity index (χ2n) is 9.09. The van der Waals surface area contributed by atoms with E-state index >= 15 is 0 Å². The number of amides is 1. The molecular weight excluding hydrogens is 404 g/mol. The largest absolute Gasteiger partial charge is 0.484 e. The summed E-state index contributed by atoms with van der Waals surface area (Å²) < 4.78 is 39.2. The monoisotopic (exact) mass is 427 g/mol. The molecule has 1 aliphatic carbocycles. The van der Waals surface area contributed by atoms with Crippen LogP contribution in [0.4, 0.5) is 13.6 Å². The van der Waals surface area contributed by atoms with Crippen molar-refractivity contribution in [2.75, 3.05) is 13.1 Å². The Morgan fingerprint density at radius 3 is 2.74 bits per heavy atom. The molecule has 2 aliphatic rings. The maximum absolute atomic E-state index is 14.3. The molecule has 2 unspecified atom stereocenters. The Bertz CT molecular complexity index is 1080. The van der Waals surface area contributed by atoms with Crippen LogP contribution >= 0.6 is 0 Å². The van der Waals surface area contributed by atoms with Crippen LogP contribution in [0.1, 0.15) is 44.1 Å². The van der Waals surface area contributed by atoms with E-state index in [1.807, 2.05) is 26.8 Å². The number of carbonyl (C=O) groups excluding carboxylic acids is 1. The highest BCUT2D eigenvalue weighted by Gasteiger charge is 2.63. The number of rotatable bonds is 4. The minimum atomic E-state index is -0.694. The molecule has 0 spiro atoms. The van der Waals surface area contributed by atoms with Gasteiger partial charge in [0, 0.05) is 24.2 Å². The summed E-state index contributed by atoms with van der Waals surface area (Å²) in [7, 11) is 0. The lowest BCUT2D eigenvalue weighted by Crippen LogP contribution is -2.37. The van der Waals surface area contributed by atoms with Crippen molar-refractivity contribution in [2.45, 2.75) is 44.8 Å². The van der Waals surface area contributed by atoms with Crippen LogP contribution in [-0.4, -0.2) is 34.7 Å². The number of ether oxygens (including phenoxy) is 2. The SMILES string of the molecule is CC(C)(C)OC(=O)N1CC2CC2(c2ccc(F)c(COc3ccc(C#N)cc3F)n2)C1. The van der Waals surface area contributed by atoms with Crippen molar-refractivity contribution in [3.8, 4) is 11.8 Å². The van der Waals surface area contributed by atoms with Gasteiger partial charge in [0.15, 0.2) is 11.6 Å². The van der Waals surface area contributed by atoms with Crippen LogP contribution < -0.4 is 4.74 Å². The number of nitriles is 1. The lowest BCUT2D eigenvalue weighted by atomic mass is 10.0. The van der Waals surface area contributed by atoms with Gasteiger partial charge in [0.1, 0.15) is 23.7 Å². The molecule has 1 saturated heterocycles. The second kappa shape index (κ2) is 7.49. The molecule has 1 aromatic heterocycles. The molecule has 1 saturated carbocycles. The van der Waals surface area contributed by atoms with Crippen LogP contribution in [0, 0.1) is 28.9 Å². The van der Waals surface area contributed by atoms with Crippen molar-refractivity contribution in [3.63, 3.8) is 0 Å². The summed E-state index contributed by atoms with van der Waals surface area (Å²) in [6.45, 7) is 6.26. The van der Waals surface area contributed by atoms with Crippen molar-refractivity contribution in [1.29, 1.82) is 5.26 Å². The van der Waals surface area contributed by atoms with Gasteiger partial charge >= 0.3 is 6.09 Å². The van der Waals surface area contributed by atoms with Gasteiger partial charge < -0.3 is 14.4 Å². The molecule has 0 N–H and O–H groups in total. The lowest BCUT2D eigenvalue weighted by molar-refractivity contribution is 0.0270. The Kier molecular flexibility index (Phi) is 5.08. The Labute approximate surface area is 179 Å². The minimum Gasteiger partial charge on any atom is -0.484 e. The molecule has 1 aliphatic heterocycles. The second-order valence-corrected chi connectivity index (χ2v) is 9.09. The van der Waals surface area contributed by atoms with E-state index in [1.165, 1.54) is 18.2 Å². The van der Waals surface area contributed by atoms with E-state index in [0.29, 0.717) is 18.8 Å². The van der Waals surface area contributed by atoms with Gasteiger partial charge in [-0.25, -0.2) is 13.6 Å². The van der Waals surface area contributed by atoms with Gasteiger partial charge in [-0.15, -0.1) is 0 Å². The average molecular weight is 427 g/mol. The molecule has 2 heterocycles. The summed E-state index contributed by atoms with van der Waals surface area (Å²) in [5, 5.41) is 8.82. The number of likely N-dealkylation sites (tertiary alicyclic amines) is 1. The van der Waals surface area contributed by atoms with Crippen molar-refractivity contribution in [2.24, 2.45) is 5.92 Å². The number of hydrogen-bond acceptors (Lipinski definition) is 5. The van der Waals surface area contributed by atoms with Gasteiger partial charge in [-0.05, 0) is 63.4 Å². The van der Waals surface area contributed by atoms with E-state index in [1.54, 1.807) is 11.0 Å². The fourth-order valence-corrected chi connectivity index (χ4v) is 4.04. The molecule has 4 rings (SSSR count). The van der Waals surface area contributed by atoms with Gasteiger partial charge in [-0.1, -0.05) is 0 Å². The predicted octanol–water partition coefficient (Wildman–Crippen LogP) is 4.32. The number of aromatic nitrogens is 1. The van der Waals surface area contributed by atoms with E-state index in [2.05, 4.69) is 4.98 Å². The van der Waals surface area contributed by atoms with Crippen LogP contribution in [0.5, 0.6) is 5.75 Å². The molecule has 0 bridgehead atoms. The summed E-state index contributed by atoms with van der Waals surface area (Å²) in [5.74, 6) is -1.07. The zero-order valence-electron chi connectivity index (χ0n) is 17.6. The maximum atomic E-state index is 14.3. The quantitative estimate of drug-likeness (QED) is 0.727. The number of nitrogens with zero attached hydrogens (tertiary/aromatic N) is 3. The van der Waals surface area contributed by atoms with Gasteiger partial charge in [-0.3, -0.25) is 4.98 Å². The normalized spacial score (nSPS) is 21.9. The topological polar surface area (TPSA) is 75.4 Å². The number of hydrogen-bond donors (Lipinski definition) is 0. The minimum absolute atomic E-state index is 0.0667. The summed E-state index contributed by atoms with van der Waals surface area (Å²) in [5.41, 5.74) is 0.0572. The van der Waals surface area contributed by atoms with Gasteiger partial charge in [0.2, 0.25) is 0 Å². The Morgan fingerprint density at radius 2 is 2.06 bits per heavy atom. The number of fused-ring (bicyclic) bond motifs is 1. The Morgan fingerprint density at radius 1 is 1.29 bits per heavy atom. The van der Waals surface area contributed by atoms with Crippen LogP contribution in [0.15, 0.2) is 30.3 Å². The molecule has 8 heteroatoms. The van der Waals surface area contributed by atoms with Crippen LogP contribution in [0.3, 0.4) is 0 Å². The summed E-state index contributed by atoms with van der Waals surface area (Å²) in [6.07, 6.45) is 0.510. The molecule has 6 nitrogen and oxygen atoms in total. The fraction of sp³-hybridized carbons (Fsp3) is 0.435. The smallest absolute Gasteiger partial charge is 0.410 e. The summed E-state index contributed by atoms with van der Waals surface area (Å²) in [6, 6.07) is 8.64. The van der Waals surface area contributed by atoms with Crippen LogP contribution in [0.2, 0.25) is 0 Å². The molecule has 1 amide bonds. The van der Waals surface area contributed by atoms with Crippen molar-refractivity contribution in [3.05, 3.63) is 58.9 Å². The number of benzene rings is 1. The van der Waals surface area contributed by atoms with E-state index in [9.17, 15) is 13.6 Å². The molecule has 31 heavy (non-hydrogen) atoms. The van der Waals surface area contributed by atoms with Crippen LogP contribution in [-0.2, 0) is 16.8 Å². The Hall–Kier alpha value is -3.21. The third-order valence-electron chi connectivity index (χ3n) is 5.65. The average Bonchev–Trinajstić information content (AvgIpc) is 3.27. The first kappa shape index (κ1) is 21.0. The highest BCUT2D eigenvalue weighted by molar-refractivity contribution is 5.69. The molecule has 2 aromatic rings. The van der Waals surface area contributed by atoms with Crippen molar-refractivity contribution >= 4 is 6.09 Å². The first-order chi connectivity index (χ1) is 14.6. The molecule has 2 atom stereocenters. The van der Waals surface area contributed by atoms with E-state index in [4.69, 9.17) is 14.7 Å². The maximum Gasteiger partial charge on any atom is 0.410 e. The lowest BCUT2D eigenvalue weighted by Gasteiger charge is -2.26.